The van der Waals surface area contributed by atoms with Crippen LogP contribution in [0.25, 0.3) is 6.08 Å². The summed E-state index contributed by atoms with van der Waals surface area (Å²) in [6, 6.07) is 4.26. The van der Waals surface area contributed by atoms with Gasteiger partial charge in [-0.3, -0.25) is 0 Å². The van der Waals surface area contributed by atoms with Gasteiger partial charge >= 0.3 is 5.97 Å². The van der Waals surface area contributed by atoms with Crippen LogP contribution in [0.4, 0.5) is 0 Å². The normalized spacial score (nSPS) is 32.1. The fourth-order valence-electron chi connectivity index (χ4n) is 4.19. The van der Waals surface area contributed by atoms with Crippen LogP contribution in [0.3, 0.4) is 0 Å². The highest BCUT2D eigenvalue weighted by molar-refractivity contribution is 5.87. The van der Waals surface area contributed by atoms with E-state index in [2.05, 4.69) is 0 Å². The molecule has 1 unspecified atom stereocenters. The molecule has 8 heteroatoms. The largest absolute Gasteiger partial charge is 0.504 e. The van der Waals surface area contributed by atoms with E-state index in [1.54, 1.807) is 20.3 Å². The molecular weight excluding hydrogens is 380 g/mol. The molecule has 1 spiro atoms. The van der Waals surface area contributed by atoms with Crippen molar-refractivity contribution in [1.29, 1.82) is 0 Å². The first-order valence-corrected chi connectivity index (χ1v) is 9.64. The van der Waals surface area contributed by atoms with Crippen LogP contribution >= 0.6 is 0 Å². The predicted molar refractivity (Wildman–Crippen MR) is 103 cm³/mol. The molecule has 1 aliphatic heterocycles. The quantitative estimate of drug-likeness (QED) is 0.373. The highest BCUT2D eigenvalue weighted by atomic mass is 16.8. The topological polar surface area (TPSA) is 115 Å². The molecule has 2 fully saturated rings. The van der Waals surface area contributed by atoms with Crippen molar-refractivity contribution in [3.05, 3.63) is 29.8 Å². The second kappa shape index (κ2) is 9.13. The summed E-state index contributed by atoms with van der Waals surface area (Å²) >= 11 is 0. The molecule has 2 aliphatic rings. The molecule has 1 aromatic carbocycles. The highest BCUT2D eigenvalue weighted by Crippen LogP contribution is 2.51. The summed E-state index contributed by atoms with van der Waals surface area (Å²) in [5, 5.41) is 29.6. The maximum atomic E-state index is 12.0. The molecule has 1 saturated heterocycles. The number of esters is 1. The maximum Gasteiger partial charge on any atom is 0.330 e. The standard InChI is InChI=1S/C21H28O8/c1-26-19-11-21(20(27-2)29-19)8-7-14(10-17(21)24)12-28-18(25)6-4-13-3-5-15(22)16(23)9-13/h3-6,9,14,17,19-20,22-24H,7-8,10-12H2,1-2H3/b6-4+/t14?,17-,19-,20-,21-/m0/s1. The number of aliphatic hydroxyl groups excluding tert-OH is 1. The van der Waals surface area contributed by atoms with Crippen molar-refractivity contribution >= 4 is 12.0 Å². The van der Waals surface area contributed by atoms with Gasteiger partial charge in [0.15, 0.2) is 24.1 Å². The molecule has 0 radical (unpaired) electrons. The third-order valence-corrected chi connectivity index (χ3v) is 5.88. The van der Waals surface area contributed by atoms with Crippen LogP contribution in [0, 0.1) is 11.3 Å². The summed E-state index contributed by atoms with van der Waals surface area (Å²) in [7, 11) is 3.13. The molecule has 1 saturated carbocycles. The molecule has 5 atom stereocenters. The number of carbonyl (C=O) groups excluding carboxylic acids is 1. The number of ether oxygens (including phenoxy) is 4. The van der Waals surface area contributed by atoms with E-state index in [0.29, 0.717) is 24.8 Å². The number of methoxy groups -OCH3 is 2. The third kappa shape index (κ3) is 4.72. The monoisotopic (exact) mass is 408 g/mol. The number of phenols is 2. The van der Waals surface area contributed by atoms with Gasteiger partial charge in [-0.15, -0.1) is 0 Å². The first-order valence-electron chi connectivity index (χ1n) is 9.64. The number of aromatic hydroxyl groups is 2. The van der Waals surface area contributed by atoms with E-state index in [4.69, 9.17) is 18.9 Å². The number of benzene rings is 1. The molecule has 1 aliphatic carbocycles. The number of phenolic OH excluding ortho intramolecular Hbond substituents is 2. The Balaban J connectivity index is 1.50. The van der Waals surface area contributed by atoms with Gasteiger partial charge in [-0.25, -0.2) is 4.79 Å². The Morgan fingerprint density at radius 1 is 1.28 bits per heavy atom. The molecule has 0 amide bonds. The zero-order chi connectivity index (χ0) is 21.0. The van der Waals surface area contributed by atoms with Crippen LogP contribution < -0.4 is 0 Å². The number of rotatable bonds is 6. The molecule has 8 nitrogen and oxygen atoms in total. The van der Waals surface area contributed by atoms with Gasteiger partial charge in [0.05, 0.1) is 18.1 Å². The van der Waals surface area contributed by atoms with Crippen LogP contribution in [0.1, 0.15) is 31.2 Å². The van der Waals surface area contributed by atoms with E-state index in [1.165, 1.54) is 24.3 Å². The Bertz CT molecular complexity index is 748. The molecule has 1 aromatic rings. The van der Waals surface area contributed by atoms with E-state index in [1.807, 2.05) is 0 Å². The number of carbonyl (C=O) groups is 1. The second-order valence-corrected chi connectivity index (χ2v) is 7.67. The van der Waals surface area contributed by atoms with Crippen molar-refractivity contribution in [3.8, 4) is 11.5 Å². The molecule has 0 aromatic heterocycles. The average Bonchev–Trinajstić information content (AvgIpc) is 3.08. The van der Waals surface area contributed by atoms with Crippen molar-refractivity contribution in [2.75, 3.05) is 20.8 Å². The lowest BCUT2D eigenvalue weighted by atomic mass is 9.67. The van der Waals surface area contributed by atoms with Crippen molar-refractivity contribution in [3.63, 3.8) is 0 Å². The number of hydrogen-bond donors (Lipinski definition) is 3. The Kier molecular flexibility index (Phi) is 6.79. The molecule has 3 N–H and O–H groups in total. The van der Waals surface area contributed by atoms with Crippen LogP contribution in [0.15, 0.2) is 24.3 Å². The first-order chi connectivity index (χ1) is 13.9. The molecular formula is C21H28O8. The SMILES string of the molecule is CO[C@@H]1C[C@]2(CCC(COC(=O)/C=C/c3ccc(O)c(O)c3)C[C@@H]2O)[C@@H](OC)O1. The lowest BCUT2D eigenvalue weighted by Crippen LogP contribution is -2.47. The Morgan fingerprint density at radius 2 is 2.07 bits per heavy atom. The van der Waals surface area contributed by atoms with E-state index in [9.17, 15) is 20.1 Å². The minimum Gasteiger partial charge on any atom is -0.504 e. The minimum absolute atomic E-state index is 0.0461. The number of aliphatic hydroxyl groups is 1. The lowest BCUT2D eigenvalue weighted by molar-refractivity contribution is -0.223. The van der Waals surface area contributed by atoms with E-state index >= 15 is 0 Å². The van der Waals surface area contributed by atoms with Gasteiger partial charge in [0.2, 0.25) is 0 Å². The van der Waals surface area contributed by atoms with Crippen molar-refractivity contribution in [1.82, 2.24) is 0 Å². The average molecular weight is 408 g/mol. The summed E-state index contributed by atoms with van der Waals surface area (Å²) in [4.78, 5) is 12.0. The molecule has 29 heavy (non-hydrogen) atoms. The van der Waals surface area contributed by atoms with E-state index in [-0.39, 0.29) is 24.0 Å². The molecule has 160 valence electrons. The van der Waals surface area contributed by atoms with Gasteiger partial charge < -0.3 is 34.3 Å². The van der Waals surface area contributed by atoms with Crippen molar-refractivity contribution in [2.24, 2.45) is 11.3 Å². The summed E-state index contributed by atoms with van der Waals surface area (Å²) in [6.07, 6.45) is 3.74. The summed E-state index contributed by atoms with van der Waals surface area (Å²) in [5.41, 5.74) is 0.0586. The predicted octanol–water partition coefficient (Wildman–Crippen LogP) is 2.17. The van der Waals surface area contributed by atoms with Gasteiger partial charge in [0.1, 0.15) is 0 Å². The smallest absolute Gasteiger partial charge is 0.330 e. The van der Waals surface area contributed by atoms with Gasteiger partial charge in [0.25, 0.3) is 0 Å². The summed E-state index contributed by atoms with van der Waals surface area (Å²) in [6.45, 7) is 0.212. The van der Waals surface area contributed by atoms with Gasteiger partial charge in [-0.1, -0.05) is 6.07 Å². The Labute approximate surface area is 169 Å². The van der Waals surface area contributed by atoms with Crippen molar-refractivity contribution in [2.45, 2.75) is 44.4 Å². The zero-order valence-electron chi connectivity index (χ0n) is 16.6. The second-order valence-electron chi connectivity index (χ2n) is 7.67. The molecule has 0 bridgehead atoms. The van der Waals surface area contributed by atoms with Crippen LogP contribution in [0.2, 0.25) is 0 Å². The molecule has 3 rings (SSSR count). The minimum atomic E-state index is -0.638. The van der Waals surface area contributed by atoms with Crippen LogP contribution in [-0.4, -0.2) is 60.8 Å². The fraction of sp³-hybridized carbons (Fsp3) is 0.571. The summed E-state index contributed by atoms with van der Waals surface area (Å²) < 4.78 is 21.8. The molecule has 1 heterocycles. The van der Waals surface area contributed by atoms with E-state index < -0.39 is 30.1 Å². The highest BCUT2D eigenvalue weighted by Gasteiger charge is 2.55. The van der Waals surface area contributed by atoms with E-state index in [0.717, 1.165) is 6.42 Å². The van der Waals surface area contributed by atoms with Gasteiger partial charge in [-0.2, -0.15) is 0 Å². The van der Waals surface area contributed by atoms with Crippen LogP contribution in [-0.2, 0) is 23.7 Å². The zero-order valence-corrected chi connectivity index (χ0v) is 16.6. The first kappa shape index (κ1) is 21.6. The van der Waals surface area contributed by atoms with Gasteiger partial charge in [-0.05, 0) is 49.0 Å². The third-order valence-electron chi connectivity index (χ3n) is 5.88. The van der Waals surface area contributed by atoms with Crippen molar-refractivity contribution < 1.29 is 39.1 Å². The van der Waals surface area contributed by atoms with Crippen LogP contribution in [0.5, 0.6) is 11.5 Å². The lowest BCUT2D eigenvalue weighted by Gasteiger charge is -2.43. The Morgan fingerprint density at radius 3 is 2.72 bits per heavy atom. The maximum absolute atomic E-state index is 12.0. The fourth-order valence-corrected chi connectivity index (χ4v) is 4.19. The van der Waals surface area contributed by atoms with Gasteiger partial charge in [0, 0.05) is 26.7 Å². The number of hydrogen-bond acceptors (Lipinski definition) is 8. The Hall–Kier alpha value is -2.13. The summed E-state index contributed by atoms with van der Waals surface area (Å²) in [5.74, 6) is -0.944.